The highest BCUT2D eigenvalue weighted by Crippen LogP contribution is 2.30. The monoisotopic (exact) mass is 408 g/mol. The molecule has 0 N–H and O–H groups in total. The van der Waals surface area contributed by atoms with Crippen LogP contribution in [-0.4, -0.2) is 38.8 Å². The van der Waals surface area contributed by atoms with E-state index >= 15 is 0 Å². The number of piperidine rings is 1. The molecule has 1 aromatic carbocycles. The van der Waals surface area contributed by atoms with Crippen molar-refractivity contribution in [3.05, 3.63) is 59.9 Å². The van der Waals surface area contributed by atoms with E-state index in [2.05, 4.69) is 10.3 Å². The molecule has 3 heterocycles. The lowest BCUT2D eigenvalue weighted by molar-refractivity contribution is -0.141. The van der Waals surface area contributed by atoms with Crippen molar-refractivity contribution in [3.8, 4) is 11.3 Å². The largest absolute Gasteiger partial charge is 0.435 e. The number of hydrogen-bond donors (Lipinski definition) is 0. The van der Waals surface area contributed by atoms with Gasteiger partial charge in [0.2, 0.25) is 5.76 Å². The third-order valence-corrected chi connectivity index (χ3v) is 4.83. The second kappa shape index (κ2) is 7.34. The van der Waals surface area contributed by atoms with Crippen LogP contribution in [0, 0.1) is 5.82 Å². The predicted octanol–water partition coefficient (Wildman–Crippen LogP) is 4.17. The number of rotatable bonds is 3. The van der Waals surface area contributed by atoms with Gasteiger partial charge in [-0.1, -0.05) is 17.3 Å². The molecule has 1 saturated heterocycles. The van der Waals surface area contributed by atoms with Crippen LogP contribution in [0.5, 0.6) is 0 Å². The minimum atomic E-state index is -4.52. The average Bonchev–Trinajstić information content (AvgIpc) is 3.38. The summed E-state index contributed by atoms with van der Waals surface area (Å²) in [4.78, 5) is 14.2. The van der Waals surface area contributed by atoms with E-state index in [1.165, 1.54) is 34.0 Å². The Kier molecular flexibility index (Phi) is 4.85. The van der Waals surface area contributed by atoms with E-state index in [1.807, 2.05) is 0 Å². The average molecular weight is 408 g/mol. The van der Waals surface area contributed by atoms with Crippen LogP contribution in [0.3, 0.4) is 0 Å². The van der Waals surface area contributed by atoms with Gasteiger partial charge in [0, 0.05) is 30.9 Å². The first-order valence-electron chi connectivity index (χ1n) is 8.96. The van der Waals surface area contributed by atoms with Crippen LogP contribution in [0.2, 0.25) is 0 Å². The standard InChI is InChI=1S/C19H16F4N4O2/c20-14-6-2-1-5-13(14)15-10-16(29-25-15)18(28)26-8-3-4-12(11-26)27-9-7-17(24-27)19(21,22)23/h1-2,5-7,9-10,12H,3-4,8,11H2. The summed E-state index contributed by atoms with van der Waals surface area (Å²) in [5.74, 6) is -0.995. The fourth-order valence-corrected chi connectivity index (χ4v) is 3.38. The summed E-state index contributed by atoms with van der Waals surface area (Å²) in [7, 11) is 0. The van der Waals surface area contributed by atoms with Gasteiger partial charge in [-0.2, -0.15) is 18.3 Å². The van der Waals surface area contributed by atoms with Crippen LogP contribution in [0.4, 0.5) is 17.6 Å². The van der Waals surface area contributed by atoms with Gasteiger partial charge in [-0.15, -0.1) is 0 Å². The zero-order valence-electron chi connectivity index (χ0n) is 15.1. The number of aromatic nitrogens is 3. The van der Waals surface area contributed by atoms with Gasteiger partial charge in [-0.3, -0.25) is 9.48 Å². The molecule has 2 aromatic heterocycles. The normalized spacial score (nSPS) is 17.5. The number of likely N-dealkylation sites (tertiary alicyclic amines) is 1. The van der Waals surface area contributed by atoms with Crippen LogP contribution in [-0.2, 0) is 6.18 Å². The molecule has 1 amide bonds. The molecule has 1 atom stereocenters. The van der Waals surface area contributed by atoms with Crippen molar-refractivity contribution >= 4 is 5.91 Å². The van der Waals surface area contributed by atoms with Gasteiger partial charge in [0.1, 0.15) is 11.5 Å². The molecule has 10 heteroatoms. The number of alkyl halides is 3. The third-order valence-electron chi connectivity index (χ3n) is 4.83. The molecule has 0 spiro atoms. The van der Waals surface area contributed by atoms with Gasteiger partial charge in [-0.25, -0.2) is 4.39 Å². The van der Waals surface area contributed by atoms with Gasteiger partial charge in [0.25, 0.3) is 5.91 Å². The van der Waals surface area contributed by atoms with Crippen molar-refractivity contribution < 1.29 is 26.9 Å². The van der Waals surface area contributed by atoms with Crippen molar-refractivity contribution in [3.63, 3.8) is 0 Å². The number of carbonyl (C=O) groups excluding carboxylic acids is 1. The predicted molar refractivity (Wildman–Crippen MR) is 93.3 cm³/mol. The fourth-order valence-electron chi connectivity index (χ4n) is 3.38. The second-order valence-electron chi connectivity index (χ2n) is 6.78. The van der Waals surface area contributed by atoms with Gasteiger partial charge < -0.3 is 9.42 Å². The summed E-state index contributed by atoms with van der Waals surface area (Å²) in [5, 5.41) is 7.37. The summed E-state index contributed by atoms with van der Waals surface area (Å²) in [6.07, 6.45) is -2.05. The minimum absolute atomic E-state index is 0.0552. The van der Waals surface area contributed by atoms with E-state index < -0.39 is 23.6 Å². The lowest BCUT2D eigenvalue weighted by Crippen LogP contribution is -2.40. The summed E-state index contributed by atoms with van der Waals surface area (Å²) < 4.78 is 58.6. The lowest BCUT2D eigenvalue weighted by Gasteiger charge is -2.32. The molecule has 0 radical (unpaired) electrons. The number of halogens is 4. The Balaban J connectivity index is 1.50. The van der Waals surface area contributed by atoms with E-state index in [9.17, 15) is 22.4 Å². The Morgan fingerprint density at radius 2 is 2.00 bits per heavy atom. The van der Waals surface area contributed by atoms with Crippen molar-refractivity contribution in [1.29, 1.82) is 0 Å². The topological polar surface area (TPSA) is 64.2 Å². The highest BCUT2D eigenvalue weighted by molar-refractivity contribution is 5.92. The number of benzene rings is 1. The Bertz CT molecular complexity index is 1030. The molecule has 1 aliphatic heterocycles. The van der Waals surface area contributed by atoms with Crippen molar-refractivity contribution in [2.45, 2.75) is 25.1 Å². The molecule has 1 aliphatic rings. The highest BCUT2D eigenvalue weighted by Gasteiger charge is 2.35. The molecule has 0 bridgehead atoms. The Morgan fingerprint density at radius 1 is 1.21 bits per heavy atom. The molecule has 3 aromatic rings. The Morgan fingerprint density at radius 3 is 2.72 bits per heavy atom. The van der Waals surface area contributed by atoms with E-state index in [0.29, 0.717) is 19.4 Å². The molecule has 4 rings (SSSR count). The maximum absolute atomic E-state index is 13.9. The molecule has 152 valence electrons. The molecule has 1 unspecified atom stereocenters. The Labute approximate surface area is 162 Å². The van der Waals surface area contributed by atoms with E-state index in [0.717, 1.165) is 6.07 Å². The first kappa shape index (κ1) is 19.2. The van der Waals surface area contributed by atoms with Crippen LogP contribution in [0.25, 0.3) is 11.3 Å². The van der Waals surface area contributed by atoms with Gasteiger partial charge >= 0.3 is 6.18 Å². The third kappa shape index (κ3) is 3.87. The molecular weight excluding hydrogens is 392 g/mol. The summed E-state index contributed by atoms with van der Waals surface area (Å²) in [6.45, 7) is 0.617. The second-order valence-corrected chi connectivity index (χ2v) is 6.78. The summed E-state index contributed by atoms with van der Waals surface area (Å²) in [6, 6.07) is 7.88. The van der Waals surface area contributed by atoms with E-state index in [-0.39, 0.29) is 29.6 Å². The number of amides is 1. The van der Waals surface area contributed by atoms with E-state index in [4.69, 9.17) is 4.52 Å². The smallest absolute Gasteiger partial charge is 0.350 e. The Hall–Kier alpha value is -3.17. The lowest BCUT2D eigenvalue weighted by atomic mass is 10.1. The summed E-state index contributed by atoms with van der Waals surface area (Å²) in [5.41, 5.74) is -0.560. The van der Waals surface area contributed by atoms with Crippen molar-refractivity contribution in [2.75, 3.05) is 13.1 Å². The van der Waals surface area contributed by atoms with E-state index in [1.54, 1.807) is 12.1 Å². The van der Waals surface area contributed by atoms with Gasteiger partial charge in [0.05, 0.1) is 6.04 Å². The maximum Gasteiger partial charge on any atom is 0.435 e. The molecule has 6 nitrogen and oxygen atoms in total. The molecule has 1 fully saturated rings. The number of nitrogens with zero attached hydrogens (tertiary/aromatic N) is 4. The number of carbonyl (C=O) groups is 1. The number of hydrogen-bond acceptors (Lipinski definition) is 4. The fraction of sp³-hybridized carbons (Fsp3) is 0.316. The molecule has 29 heavy (non-hydrogen) atoms. The maximum atomic E-state index is 13.9. The zero-order chi connectivity index (χ0) is 20.6. The van der Waals surface area contributed by atoms with Crippen LogP contribution < -0.4 is 0 Å². The first-order valence-corrected chi connectivity index (χ1v) is 8.96. The molecule has 0 aliphatic carbocycles. The summed E-state index contributed by atoms with van der Waals surface area (Å²) >= 11 is 0. The van der Waals surface area contributed by atoms with Gasteiger partial charge in [0.15, 0.2) is 5.69 Å². The van der Waals surface area contributed by atoms with Crippen molar-refractivity contribution in [1.82, 2.24) is 19.8 Å². The van der Waals surface area contributed by atoms with Crippen LogP contribution in [0.15, 0.2) is 47.1 Å². The highest BCUT2D eigenvalue weighted by atomic mass is 19.4. The minimum Gasteiger partial charge on any atom is -0.350 e. The first-order chi connectivity index (χ1) is 13.8. The zero-order valence-corrected chi connectivity index (χ0v) is 15.1. The quantitative estimate of drug-likeness (QED) is 0.610. The van der Waals surface area contributed by atoms with Crippen molar-refractivity contribution in [2.24, 2.45) is 0 Å². The SMILES string of the molecule is O=C(c1cc(-c2ccccc2F)no1)N1CCCC(n2ccc(C(F)(F)F)n2)C1. The molecule has 0 saturated carbocycles. The van der Waals surface area contributed by atoms with Crippen LogP contribution >= 0.6 is 0 Å². The van der Waals surface area contributed by atoms with Crippen LogP contribution in [0.1, 0.15) is 35.1 Å². The molecular formula is C19H16F4N4O2. The van der Waals surface area contributed by atoms with Gasteiger partial charge in [-0.05, 0) is 31.0 Å².